The standard InChI is InChI=1S/C22H16N4O3/c1-25-15-9-5-3-7-12(15)18-17(20(25)27)22(14(11-23)19(24)29-18)13-8-4-6-10-16(13)26(2)21(22)28/h3-10H,24H2,1-2H3/t22-/m1/s1. The molecule has 7 nitrogen and oxygen atoms in total. The number of carbonyl (C=O) groups is 1. The summed E-state index contributed by atoms with van der Waals surface area (Å²) in [5, 5.41) is 10.6. The lowest BCUT2D eigenvalue weighted by atomic mass is 9.69. The number of hydrogen-bond donors (Lipinski definition) is 1. The van der Waals surface area contributed by atoms with Crippen LogP contribution in [0, 0.1) is 11.3 Å². The summed E-state index contributed by atoms with van der Waals surface area (Å²) in [6, 6.07) is 16.4. The molecule has 7 heteroatoms. The van der Waals surface area contributed by atoms with E-state index in [-0.39, 0.29) is 22.8 Å². The number of nitrogens with two attached hydrogens (primary N) is 1. The third-order valence-electron chi connectivity index (χ3n) is 5.87. The second-order valence-corrected chi connectivity index (χ2v) is 7.17. The quantitative estimate of drug-likeness (QED) is 0.638. The molecular formula is C22H16N4O3. The van der Waals surface area contributed by atoms with Gasteiger partial charge in [-0.2, -0.15) is 5.26 Å². The van der Waals surface area contributed by atoms with Gasteiger partial charge in [0.2, 0.25) is 11.8 Å². The number of rotatable bonds is 0. The van der Waals surface area contributed by atoms with Crippen molar-refractivity contribution in [1.29, 1.82) is 5.26 Å². The predicted octanol–water partition coefficient (Wildman–Crippen LogP) is 1.89. The molecule has 0 unspecified atom stereocenters. The number of nitriles is 1. The molecule has 0 radical (unpaired) electrons. The van der Waals surface area contributed by atoms with Gasteiger partial charge in [-0.25, -0.2) is 0 Å². The highest BCUT2D eigenvalue weighted by atomic mass is 16.5. The molecule has 3 aromatic rings. The Kier molecular flexibility index (Phi) is 3.23. The molecule has 0 bridgehead atoms. The van der Waals surface area contributed by atoms with Crippen LogP contribution in [0.25, 0.3) is 10.9 Å². The number of aromatic nitrogens is 1. The lowest BCUT2D eigenvalue weighted by Crippen LogP contribution is -2.49. The van der Waals surface area contributed by atoms with Crippen molar-refractivity contribution in [1.82, 2.24) is 4.57 Å². The van der Waals surface area contributed by atoms with Crippen molar-refractivity contribution >= 4 is 22.5 Å². The number of ether oxygens (including phenoxy) is 1. The molecule has 0 saturated heterocycles. The van der Waals surface area contributed by atoms with Gasteiger partial charge in [-0.15, -0.1) is 0 Å². The minimum Gasteiger partial charge on any atom is -0.439 e. The van der Waals surface area contributed by atoms with Gasteiger partial charge >= 0.3 is 0 Å². The van der Waals surface area contributed by atoms with E-state index < -0.39 is 16.9 Å². The second kappa shape index (κ2) is 5.49. The second-order valence-electron chi connectivity index (χ2n) is 7.17. The van der Waals surface area contributed by atoms with Crippen molar-refractivity contribution in [2.75, 3.05) is 11.9 Å². The molecule has 29 heavy (non-hydrogen) atoms. The normalized spacial score (nSPS) is 19.9. The summed E-state index contributed by atoms with van der Waals surface area (Å²) in [7, 11) is 3.27. The predicted molar refractivity (Wildman–Crippen MR) is 107 cm³/mol. The molecule has 1 spiro atoms. The number of carbonyl (C=O) groups excluding carboxylic acids is 1. The third kappa shape index (κ3) is 1.81. The zero-order valence-corrected chi connectivity index (χ0v) is 15.8. The van der Waals surface area contributed by atoms with E-state index in [2.05, 4.69) is 0 Å². The molecule has 2 aliphatic rings. The van der Waals surface area contributed by atoms with Gasteiger partial charge in [0, 0.05) is 30.7 Å². The maximum Gasteiger partial charge on any atom is 0.259 e. The fourth-order valence-corrected chi connectivity index (χ4v) is 4.56. The first-order chi connectivity index (χ1) is 13.9. The van der Waals surface area contributed by atoms with Crippen LogP contribution < -0.4 is 20.9 Å². The van der Waals surface area contributed by atoms with Crippen LogP contribution in [-0.2, 0) is 17.3 Å². The average Bonchev–Trinajstić information content (AvgIpc) is 2.95. The summed E-state index contributed by atoms with van der Waals surface area (Å²) in [6.07, 6.45) is 0. The number of anilines is 1. The lowest BCUT2D eigenvalue weighted by molar-refractivity contribution is -0.120. The molecule has 3 heterocycles. The van der Waals surface area contributed by atoms with Crippen LogP contribution in [0.4, 0.5) is 5.69 Å². The Bertz CT molecular complexity index is 1380. The van der Waals surface area contributed by atoms with Crippen LogP contribution in [0.5, 0.6) is 5.75 Å². The highest BCUT2D eigenvalue weighted by molar-refractivity contribution is 6.14. The van der Waals surface area contributed by atoms with E-state index in [1.54, 1.807) is 50.5 Å². The number of aryl methyl sites for hydroxylation is 1. The van der Waals surface area contributed by atoms with Crippen LogP contribution in [0.1, 0.15) is 11.1 Å². The molecule has 1 atom stereocenters. The maximum atomic E-state index is 13.7. The van der Waals surface area contributed by atoms with E-state index in [0.717, 1.165) is 0 Å². The number of benzene rings is 2. The van der Waals surface area contributed by atoms with Gasteiger partial charge < -0.3 is 19.9 Å². The average molecular weight is 384 g/mol. The highest BCUT2D eigenvalue weighted by Gasteiger charge is 2.60. The van der Waals surface area contributed by atoms with Crippen molar-refractivity contribution < 1.29 is 9.53 Å². The van der Waals surface area contributed by atoms with Crippen LogP contribution in [0.2, 0.25) is 0 Å². The Morgan fingerprint density at radius 1 is 1.07 bits per heavy atom. The van der Waals surface area contributed by atoms with Crippen molar-refractivity contribution in [3.8, 4) is 11.8 Å². The van der Waals surface area contributed by atoms with Crippen molar-refractivity contribution in [3.63, 3.8) is 0 Å². The van der Waals surface area contributed by atoms with Crippen LogP contribution in [-0.4, -0.2) is 17.5 Å². The zero-order chi connectivity index (χ0) is 20.5. The van der Waals surface area contributed by atoms with Gasteiger partial charge in [-0.3, -0.25) is 9.59 Å². The topological polar surface area (TPSA) is 101 Å². The third-order valence-corrected chi connectivity index (χ3v) is 5.87. The first-order valence-corrected chi connectivity index (χ1v) is 9.02. The number of para-hydroxylation sites is 2. The van der Waals surface area contributed by atoms with E-state index in [0.29, 0.717) is 22.2 Å². The Balaban J connectivity index is 2.07. The number of pyridine rings is 1. The Hall–Kier alpha value is -4.05. The van der Waals surface area contributed by atoms with Crippen molar-refractivity contribution in [2.45, 2.75) is 5.41 Å². The van der Waals surface area contributed by atoms with Crippen molar-refractivity contribution in [2.24, 2.45) is 12.8 Å². The van der Waals surface area contributed by atoms with E-state index in [1.165, 1.54) is 9.47 Å². The lowest BCUT2D eigenvalue weighted by Gasteiger charge is -2.34. The molecule has 5 rings (SSSR count). The number of likely N-dealkylation sites (N-methyl/N-ethyl adjacent to an activating group) is 1. The summed E-state index contributed by atoms with van der Waals surface area (Å²) in [6.45, 7) is 0. The first kappa shape index (κ1) is 17.1. The van der Waals surface area contributed by atoms with Gasteiger partial charge in [0.25, 0.3) is 5.56 Å². The molecule has 0 saturated carbocycles. The molecule has 0 aliphatic carbocycles. The molecule has 2 aromatic carbocycles. The number of nitrogens with zero attached hydrogens (tertiary/aromatic N) is 3. The summed E-state index contributed by atoms with van der Waals surface area (Å²) in [4.78, 5) is 28.7. The summed E-state index contributed by atoms with van der Waals surface area (Å²) in [5.41, 5.74) is 5.97. The zero-order valence-electron chi connectivity index (χ0n) is 15.8. The summed E-state index contributed by atoms with van der Waals surface area (Å²) < 4.78 is 7.30. The van der Waals surface area contributed by atoms with Crippen LogP contribution >= 0.6 is 0 Å². The minimum atomic E-state index is -1.64. The van der Waals surface area contributed by atoms with Crippen molar-refractivity contribution in [3.05, 3.63) is 81.5 Å². The van der Waals surface area contributed by atoms with Gasteiger partial charge in [-0.1, -0.05) is 30.3 Å². The molecule has 0 fully saturated rings. The monoisotopic (exact) mass is 384 g/mol. The number of hydrogen-bond acceptors (Lipinski definition) is 5. The molecule has 142 valence electrons. The number of fused-ring (bicyclic) bond motifs is 6. The maximum absolute atomic E-state index is 13.7. The van der Waals surface area contributed by atoms with Gasteiger partial charge in [0.1, 0.15) is 17.4 Å². The van der Waals surface area contributed by atoms with Crippen LogP contribution in [0.3, 0.4) is 0 Å². The summed E-state index contributed by atoms with van der Waals surface area (Å²) >= 11 is 0. The summed E-state index contributed by atoms with van der Waals surface area (Å²) in [5.74, 6) is -0.356. The van der Waals surface area contributed by atoms with E-state index in [1.807, 2.05) is 18.2 Å². The van der Waals surface area contributed by atoms with Gasteiger partial charge in [-0.05, 0) is 18.2 Å². The number of amides is 1. The molecule has 2 aliphatic heterocycles. The van der Waals surface area contributed by atoms with Gasteiger partial charge in [0.05, 0.1) is 11.1 Å². The van der Waals surface area contributed by atoms with E-state index in [9.17, 15) is 14.9 Å². The van der Waals surface area contributed by atoms with E-state index in [4.69, 9.17) is 10.5 Å². The Labute approximate surface area is 165 Å². The highest BCUT2D eigenvalue weighted by Crippen LogP contribution is 2.54. The first-order valence-electron chi connectivity index (χ1n) is 9.02. The minimum absolute atomic E-state index is 0.0702. The molecular weight excluding hydrogens is 368 g/mol. The van der Waals surface area contributed by atoms with Gasteiger partial charge in [0.15, 0.2) is 5.41 Å². The fourth-order valence-electron chi connectivity index (χ4n) is 4.56. The Morgan fingerprint density at radius 3 is 2.52 bits per heavy atom. The van der Waals surface area contributed by atoms with Crippen LogP contribution in [0.15, 0.2) is 64.8 Å². The fraction of sp³-hybridized carbons (Fsp3) is 0.136. The smallest absolute Gasteiger partial charge is 0.259 e. The Morgan fingerprint density at radius 2 is 1.76 bits per heavy atom. The van der Waals surface area contributed by atoms with E-state index >= 15 is 0 Å². The molecule has 1 aromatic heterocycles. The molecule has 1 amide bonds. The SMILES string of the molecule is CN1C(=O)[C@@]2(C(C#N)=C(N)Oc3c2c(=O)n(C)c2ccccc32)c2ccccc21. The molecule has 2 N–H and O–H groups in total. The largest absolute Gasteiger partial charge is 0.439 e.